The molecule has 1 amide bonds. The third kappa shape index (κ3) is 2.75. The van der Waals surface area contributed by atoms with Gasteiger partial charge in [0.1, 0.15) is 0 Å². The van der Waals surface area contributed by atoms with E-state index in [2.05, 4.69) is 10.3 Å². The van der Waals surface area contributed by atoms with E-state index in [1.165, 1.54) is 30.6 Å². The summed E-state index contributed by atoms with van der Waals surface area (Å²) in [6, 6.07) is 5.97. The molecule has 0 saturated heterocycles. The van der Waals surface area contributed by atoms with Crippen LogP contribution < -0.4 is 5.32 Å². The van der Waals surface area contributed by atoms with E-state index in [0.29, 0.717) is 11.3 Å². The number of amides is 1. The van der Waals surface area contributed by atoms with Crippen LogP contribution in [-0.4, -0.2) is 15.8 Å². The standard InChI is InChI=1S/C13H10ClN3O3/c1-8-11(3-2-4-12(8)17(19)20)16-13(18)9-7-15-6-5-10(9)14/h2-7H,1H3,(H,16,18). The minimum Gasteiger partial charge on any atom is -0.321 e. The molecule has 1 aromatic carbocycles. The maximum absolute atomic E-state index is 12.1. The average Bonchev–Trinajstić information content (AvgIpc) is 2.41. The molecular weight excluding hydrogens is 282 g/mol. The van der Waals surface area contributed by atoms with Crippen molar-refractivity contribution in [2.24, 2.45) is 0 Å². The number of hydrogen-bond acceptors (Lipinski definition) is 4. The van der Waals surface area contributed by atoms with Crippen LogP contribution >= 0.6 is 11.6 Å². The quantitative estimate of drug-likeness (QED) is 0.695. The zero-order valence-corrected chi connectivity index (χ0v) is 11.2. The van der Waals surface area contributed by atoms with Gasteiger partial charge in [0, 0.05) is 18.5 Å². The summed E-state index contributed by atoms with van der Waals surface area (Å²) in [6.07, 6.45) is 2.81. The number of aromatic nitrogens is 1. The van der Waals surface area contributed by atoms with Crippen molar-refractivity contribution in [1.29, 1.82) is 0 Å². The minimum atomic E-state index is -0.498. The zero-order chi connectivity index (χ0) is 14.7. The first-order chi connectivity index (χ1) is 9.50. The Balaban J connectivity index is 2.32. The highest BCUT2D eigenvalue weighted by molar-refractivity contribution is 6.34. The van der Waals surface area contributed by atoms with Crippen LogP contribution in [0.4, 0.5) is 11.4 Å². The Morgan fingerprint density at radius 3 is 2.80 bits per heavy atom. The van der Waals surface area contributed by atoms with Gasteiger partial charge in [0.05, 0.1) is 26.8 Å². The Bertz CT molecular complexity index is 688. The lowest BCUT2D eigenvalue weighted by Crippen LogP contribution is -2.14. The molecule has 102 valence electrons. The van der Waals surface area contributed by atoms with Gasteiger partial charge in [-0.1, -0.05) is 17.7 Å². The molecule has 7 heteroatoms. The number of carbonyl (C=O) groups is 1. The lowest BCUT2D eigenvalue weighted by atomic mass is 10.1. The van der Waals surface area contributed by atoms with E-state index in [4.69, 9.17) is 11.6 Å². The summed E-state index contributed by atoms with van der Waals surface area (Å²) in [5.41, 5.74) is 0.898. The molecule has 2 rings (SSSR count). The molecule has 1 aromatic heterocycles. The fourth-order valence-corrected chi connectivity index (χ4v) is 1.88. The third-order valence-electron chi connectivity index (χ3n) is 2.76. The van der Waals surface area contributed by atoms with Gasteiger partial charge in [-0.3, -0.25) is 19.9 Å². The molecule has 0 aliphatic carbocycles. The molecule has 0 atom stereocenters. The number of nitro benzene ring substituents is 1. The average molecular weight is 292 g/mol. The fourth-order valence-electron chi connectivity index (χ4n) is 1.69. The first-order valence-electron chi connectivity index (χ1n) is 5.65. The second-order valence-corrected chi connectivity index (χ2v) is 4.42. The van der Waals surface area contributed by atoms with Gasteiger partial charge in [0.2, 0.25) is 0 Å². The molecule has 0 bridgehead atoms. The van der Waals surface area contributed by atoms with Crippen molar-refractivity contribution in [2.45, 2.75) is 6.92 Å². The van der Waals surface area contributed by atoms with Gasteiger partial charge in [0.25, 0.3) is 11.6 Å². The van der Waals surface area contributed by atoms with E-state index < -0.39 is 10.8 Å². The second kappa shape index (κ2) is 5.66. The summed E-state index contributed by atoms with van der Waals surface area (Å²) in [7, 11) is 0. The van der Waals surface area contributed by atoms with Gasteiger partial charge in [0.15, 0.2) is 0 Å². The normalized spacial score (nSPS) is 10.1. The smallest absolute Gasteiger partial charge is 0.274 e. The summed E-state index contributed by atoms with van der Waals surface area (Å²) in [5.74, 6) is -0.466. The van der Waals surface area contributed by atoms with E-state index in [-0.39, 0.29) is 16.3 Å². The van der Waals surface area contributed by atoms with Gasteiger partial charge < -0.3 is 5.32 Å². The van der Waals surface area contributed by atoms with Crippen LogP contribution in [0.1, 0.15) is 15.9 Å². The molecule has 1 heterocycles. The number of halogens is 1. The highest BCUT2D eigenvalue weighted by atomic mass is 35.5. The minimum absolute atomic E-state index is 0.0555. The van der Waals surface area contributed by atoms with Crippen LogP contribution in [0.2, 0.25) is 5.02 Å². The van der Waals surface area contributed by atoms with Crippen molar-refractivity contribution in [3.05, 3.63) is 62.9 Å². The lowest BCUT2D eigenvalue weighted by Gasteiger charge is -2.09. The number of nitrogens with one attached hydrogen (secondary N) is 1. The van der Waals surface area contributed by atoms with Crippen LogP contribution in [-0.2, 0) is 0 Å². The number of benzene rings is 1. The first kappa shape index (κ1) is 14.0. The van der Waals surface area contributed by atoms with E-state index in [1.54, 1.807) is 13.0 Å². The number of nitro groups is 1. The number of pyridine rings is 1. The first-order valence-corrected chi connectivity index (χ1v) is 6.03. The highest BCUT2D eigenvalue weighted by Crippen LogP contribution is 2.26. The number of nitrogens with zero attached hydrogens (tertiary/aromatic N) is 2. The number of hydrogen-bond donors (Lipinski definition) is 1. The SMILES string of the molecule is Cc1c(NC(=O)c2cnccc2Cl)cccc1[N+](=O)[O-]. The predicted molar refractivity (Wildman–Crippen MR) is 75.0 cm³/mol. The van der Waals surface area contributed by atoms with Crippen molar-refractivity contribution < 1.29 is 9.72 Å². The molecule has 0 unspecified atom stereocenters. The van der Waals surface area contributed by atoms with Gasteiger partial charge >= 0.3 is 0 Å². The Kier molecular flexibility index (Phi) is 3.95. The van der Waals surface area contributed by atoms with Crippen molar-refractivity contribution in [3.63, 3.8) is 0 Å². The molecule has 20 heavy (non-hydrogen) atoms. The van der Waals surface area contributed by atoms with Crippen LogP contribution in [0.5, 0.6) is 0 Å². The maximum atomic E-state index is 12.1. The summed E-state index contributed by atoms with van der Waals surface area (Å²) in [6.45, 7) is 1.57. The van der Waals surface area contributed by atoms with E-state index in [9.17, 15) is 14.9 Å². The maximum Gasteiger partial charge on any atom is 0.274 e. The lowest BCUT2D eigenvalue weighted by molar-refractivity contribution is -0.385. The predicted octanol–water partition coefficient (Wildman–Crippen LogP) is 3.20. The van der Waals surface area contributed by atoms with Crippen molar-refractivity contribution in [1.82, 2.24) is 4.98 Å². The zero-order valence-electron chi connectivity index (χ0n) is 10.5. The summed E-state index contributed by atoms with van der Waals surface area (Å²) in [4.78, 5) is 26.2. The number of rotatable bonds is 3. The molecular formula is C13H10ClN3O3. The van der Waals surface area contributed by atoms with E-state index >= 15 is 0 Å². The van der Waals surface area contributed by atoms with Crippen molar-refractivity contribution in [2.75, 3.05) is 5.32 Å². The Labute approximate surface area is 119 Å². The van der Waals surface area contributed by atoms with Crippen LogP contribution in [0.25, 0.3) is 0 Å². The van der Waals surface area contributed by atoms with Gasteiger partial charge in [-0.2, -0.15) is 0 Å². The Morgan fingerprint density at radius 2 is 2.15 bits per heavy atom. The molecule has 1 N–H and O–H groups in total. The molecule has 2 aromatic rings. The van der Waals surface area contributed by atoms with E-state index in [0.717, 1.165) is 0 Å². The van der Waals surface area contributed by atoms with Crippen LogP contribution in [0.3, 0.4) is 0 Å². The van der Waals surface area contributed by atoms with Gasteiger partial charge in [-0.15, -0.1) is 0 Å². The molecule has 0 radical (unpaired) electrons. The van der Waals surface area contributed by atoms with Crippen LogP contribution in [0.15, 0.2) is 36.7 Å². The number of anilines is 1. The molecule has 0 aliphatic heterocycles. The molecule has 0 saturated carbocycles. The van der Waals surface area contributed by atoms with Gasteiger partial charge in [-0.25, -0.2) is 0 Å². The largest absolute Gasteiger partial charge is 0.321 e. The molecule has 0 fully saturated rings. The van der Waals surface area contributed by atoms with Crippen LogP contribution in [0, 0.1) is 17.0 Å². The summed E-state index contributed by atoms with van der Waals surface area (Å²) >= 11 is 5.90. The number of carbonyl (C=O) groups excluding carboxylic acids is 1. The fraction of sp³-hybridized carbons (Fsp3) is 0.0769. The second-order valence-electron chi connectivity index (χ2n) is 4.02. The Hall–Kier alpha value is -2.47. The molecule has 6 nitrogen and oxygen atoms in total. The Morgan fingerprint density at radius 1 is 1.40 bits per heavy atom. The van der Waals surface area contributed by atoms with E-state index in [1.807, 2.05) is 0 Å². The molecule has 0 aliphatic rings. The topological polar surface area (TPSA) is 85.1 Å². The monoisotopic (exact) mass is 291 g/mol. The third-order valence-corrected chi connectivity index (χ3v) is 3.09. The summed E-state index contributed by atoms with van der Waals surface area (Å²) < 4.78 is 0. The van der Waals surface area contributed by atoms with Crippen molar-refractivity contribution in [3.8, 4) is 0 Å². The highest BCUT2D eigenvalue weighted by Gasteiger charge is 2.16. The summed E-state index contributed by atoms with van der Waals surface area (Å²) in [5, 5.41) is 13.7. The van der Waals surface area contributed by atoms with Gasteiger partial charge in [-0.05, 0) is 19.1 Å². The van der Waals surface area contributed by atoms with Crippen molar-refractivity contribution >= 4 is 28.9 Å². The molecule has 0 spiro atoms.